The van der Waals surface area contributed by atoms with Crippen LogP contribution in [0.5, 0.6) is 0 Å². The molecule has 14 heavy (non-hydrogen) atoms. The summed E-state index contributed by atoms with van der Waals surface area (Å²) in [5.41, 5.74) is 0. The lowest BCUT2D eigenvalue weighted by Gasteiger charge is -2.28. The molecule has 0 spiro atoms. The maximum atomic E-state index is 8.64. The first kappa shape index (κ1) is 13.3. The maximum absolute atomic E-state index is 8.64. The van der Waals surface area contributed by atoms with Crippen molar-refractivity contribution in [2.24, 2.45) is 5.92 Å². The Bertz CT molecular complexity index is 160. The fourth-order valence-corrected chi connectivity index (χ4v) is 1.32. The van der Waals surface area contributed by atoms with Crippen LogP contribution in [0.25, 0.3) is 0 Å². The van der Waals surface area contributed by atoms with Gasteiger partial charge in [-0.15, -0.1) is 0 Å². The van der Waals surface area contributed by atoms with Crippen LogP contribution in [-0.4, -0.2) is 41.0 Å². The Morgan fingerprint density at radius 1 is 0.929 bits per heavy atom. The van der Waals surface area contributed by atoms with Crippen molar-refractivity contribution in [3.8, 4) is 6.07 Å². The molecule has 0 heterocycles. The summed E-state index contributed by atoms with van der Waals surface area (Å²) in [4.78, 5) is 0. The van der Waals surface area contributed by atoms with Crippen LogP contribution in [0.15, 0.2) is 0 Å². The van der Waals surface area contributed by atoms with E-state index in [4.69, 9.17) is 24.2 Å². The van der Waals surface area contributed by atoms with Crippen molar-refractivity contribution in [1.82, 2.24) is 0 Å². The molecule has 0 aliphatic heterocycles. The first-order valence-corrected chi connectivity index (χ1v) is 4.23. The molecule has 0 saturated heterocycles. The van der Waals surface area contributed by atoms with Crippen LogP contribution in [0, 0.1) is 17.2 Å². The third kappa shape index (κ3) is 3.60. The van der Waals surface area contributed by atoms with Gasteiger partial charge in [0, 0.05) is 34.9 Å². The van der Waals surface area contributed by atoms with Gasteiger partial charge in [-0.25, -0.2) is 0 Å². The van der Waals surface area contributed by atoms with Gasteiger partial charge in [0.05, 0.1) is 12.0 Å². The largest absolute Gasteiger partial charge is 0.355 e. The Morgan fingerprint density at radius 2 is 1.29 bits per heavy atom. The van der Waals surface area contributed by atoms with Crippen LogP contribution in [0.4, 0.5) is 0 Å². The highest BCUT2D eigenvalue weighted by molar-refractivity contribution is 4.80. The highest BCUT2D eigenvalue weighted by Crippen LogP contribution is 2.19. The summed E-state index contributed by atoms with van der Waals surface area (Å²) in [6, 6.07) is 2.05. The zero-order valence-corrected chi connectivity index (χ0v) is 9.02. The van der Waals surface area contributed by atoms with E-state index in [0.717, 1.165) is 0 Å². The molecule has 0 unspecified atom stereocenters. The summed E-state index contributed by atoms with van der Waals surface area (Å²) in [7, 11) is 6.06. The summed E-state index contributed by atoms with van der Waals surface area (Å²) in [6.45, 7) is 0. The van der Waals surface area contributed by atoms with Crippen LogP contribution < -0.4 is 0 Å². The fourth-order valence-electron chi connectivity index (χ4n) is 1.32. The van der Waals surface area contributed by atoms with Crippen molar-refractivity contribution in [1.29, 1.82) is 5.26 Å². The molecule has 0 aliphatic rings. The zero-order valence-electron chi connectivity index (χ0n) is 9.02. The topological polar surface area (TPSA) is 60.7 Å². The Hall–Kier alpha value is -0.670. The number of rotatable bonds is 7. The van der Waals surface area contributed by atoms with E-state index in [1.807, 2.05) is 6.07 Å². The van der Waals surface area contributed by atoms with Crippen LogP contribution in [0.1, 0.15) is 6.42 Å². The molecule has 0 aliphatic carbocycles. The highest BCUT2D eigenvalue weighted by atomic mass is 16.7. The quantitative estimate of drug-likeness (QED) is 0.571. The molecule has 0 bridgehead atoms. The summed E-state index contributed by atoms with van der Waals surface area (Å²) in [6.07, 6.45) is -0.752. The van der Waals surface area contributed by atoms with Gasteiger partial charge in [-0.1, -0.05) is 0 Å². The smallest absolute Gasteiger partial charge is 0.165 e. The van der Waals surface area contributed by atoms with Gasteiger partial charge >= 0.3 is 0 Å². The van der Waals surface area contributed by atoms with E-state index in [2.05, 4.69) is 0 Å². The minimum absolute atomic E-state index is 0.249. The first-order valence-electron chi connectivity index (χ1n) is 4.23. The van der Waals surface area contributed by atoms with E-state index in [9.17, 15) is 0 Å². The Labute approximate surface area is 84.5 Å². The average molecular weight is 203 g/mol. The van der Waals surface area contributed by atoms with Crippen molar-refractivity contribution < 1.29 is 18.9 Å². The molecular formula is C9H17NO4. The second kappa shape index (κ2) is 7.71. The Kier molecular flexibility index (Phi) is 7.34. The molecule has 0 rings (SSSR count). The highest BCUT2D eigenvalue weighted by Gasteiger charge is 2.29. The van der Waals surface area contributed by atoms with E-state index in [1.165, 1.54) is 28.4 Å². The molecule has 0 N–H and O–H groups in total. The molecule has 0 aromatic heterocycles. The van der Waals surface area contributed by atoms with Crippen molar-refractivity contribution in [2.75, 3.05) is 28.4 Å². The third-order valence-electron chi connectivity index (χ3n) is 1.96. The van der Waals surface area contributed by atoms with E-state index in [1.54, 1.807) is 0 Å². The lowest BCUT2D eigenvalue weighted by molar-refractivity contribution is -0.220. The second-order valence-corrected chi connectivity index (χ2v) is 2.71. The van der Waals surface area contributed by atoms with Crippen LogP contribution >= 0.6 is 0 Å². The zero-order chi connectivity index (χ0) is 11.0. The standard InChI is InChI=1S/C9H17NO4/c1-11-8(12-2)7(5-6-10)9(13-3)14-4/h7-9H,5H2,1-4H3. The molecule has 0 aromatic rings. The monoisotopic (exact) mass is 203 g/mol. The van der Waals surface area contributed by atoms with Crippen molar-refractivity contribution in [2.45, 2.75) is 19.0 Å². The SMILES string of the molecule is COC(OC)C(CC#N)C(OC)OC. The fraction of sp³-hybridized carbons (Fsp3) is 0.889. The van der Waals surface area contributed by atoms with Gasteiger partial charge < -0.3 is 18.9 Å². The summed E-state index contributed by atoms with van der Waals surface area (Å²) >= 11 is 0. The van der Waals surface area contributed by atoms with Crippen molar-refractivity contribution >= 4 is 0 Å². The lowest BCUT2D eigenvalue weighted by Crippen LogP contribution is -2.36. The van der Waals surface area contributed by atoms with Crippen LogP contribution in [0.3, 0.4) is 0 Å². The normalized spacial score (nSPS) is 11.3. The summed E-state index contributed by atoms with van der Waals surface area (Å²) in [5.74, 6) is -0.259. The summed E-state index contributed by atoms with van der Waals surface area (Å²) < 4.78 is 20.3. The Morgan fingerprint density at radius 3 is 1.50 bits per heavy atom. The number of nitriles is 1. The first-order chi connectivity index (χ1) is 6.74. The van der Waals surface area contributed by atoms with Gasteiger partial charge in [-0.3, -0.25) is 0 Å². The van der Waals surface area contributed by atoms with Crippen molar-refractivity contribution in [3.63, 3.8) is 0 Å². The number of methoxy groups -OCH3 is 4. The maximum Gasteiger partial charge on any atom is 0.165 e. The Balaban J connectivity index is 4.46. The second-order valence-electron chi connectivity index (χ2n) is 2.71. The number of nitrogens with zero attached hydrogens (tertiary/aromatic N) is 1. The molecule has 82 valence electrons. The number of ether oxygens (including phenoxy) is 4. The van der Waals surface area contributed by atoms with E-state index in [0.29, 0.717) is 0 Å². The average Bonchev–Trinajstić information content (AvgIpc) is 2.21. The minimum Gasteiger partial charge on any atom is -0.355 e. The van der Waals surface area contributed by atoms with Gasteiger partial charge in [-0.2, -0.15) is 5.26 Å². The molecule has 0 amide bonds. The third-order valence-corrected chi connectivity index (χ3v) is 1.96. The predicted molar refractivity (Wildman–Crippen MR) is 49.3 cm³/mol. The number of hydrogen-bond donors (Lipinski definition) is 0. The molecule has 0 radical (unpaired) electrons. The predicted octanol–water partition coefficient (Wildman–Crippen LogP) is 0.754. The minimum atomic E-state index is -0.500. The molecular weight excluding hydrogens is 186 g/mol. The van der Waals surface area contributed by atoms with Gasteiger partial charge in [0.25, 0.3) is 0 Å². The molecule has 5 heteroatoms. The molecule has 0 aromatic carbocycles. The lowest BCUT2D eigenvalue weighted by atomic mass is 10.1. The van der Waals surface area contributed by atoms with E-state index in [-0.39, 0.29) is 12.3 Å². The van der Waals surface area contributed by atoms with Crippen LogP contribution in [-0.2, 0) is 18.9 Å². The summed E-state index contributed by atoms with van der Waals surface area (Å²) in [5, 5.41) is 8.64. The van der Waals surface area contributed by atoms with Gasteiger partial charge in [0.1, 0.15) is 0 Å². The van der Waals surface area contributed by atoms with Gasteiger partial charge in [0.2, 0.25) is 0 Å². The van der Waals surface area contributed by atoms with Crippen molar-refractivity contribution in [3.05, 3.63) is 0 Å². The van der Waals surface area contributed by atoms with Gasteiger partial charge in [-0.05, 0) is 0 Å². The molecule has 5 nitrogen and oxygen atoms in total. The van der Waals surface area contributed by atoms with E-state index < -0.39 is 12.6 Å². The molecule has 0 saturated carbocycles. The van der Waals surface area contributed by atoms with Crippen LogP contribution in [0.2, 0.25) is 0 Å². The van der Waals surface area contributed by atoms with E-state index >= 15 is 0 Å². The van der Waals surface area contributed by atoms with Gasteiger partial charge in [0.15, 0.2) is 12.6 Å². The molecule has 0 fully saturated rings. The molecule has 0 atom stereocenters. The number of hydrogen-bond acceptors (Lipinski definition) is 5.